The van der Waals surface area contributed by atoms with Crippen LogP contribution in [0.25, 0.3) is 22.3 Å². The van der Waals surface area contributed by atoms with E-state index in [1.54, 1.807) is 36.4 Å². The number of aromatic nitrogens is 1. The summed E-state index contributed by atoms with van der Waals surface area (Å²) in [5.74, 6) is -1.40. The van der Waals surface area contributed by atoms with E-state index >= 15 is 0 Å². The molecule has 0 spiro atoms. The van der Waals surface area contributed by atoms with Gasteiger partial charge in [0, 0.05) is 11.1 Å². The zero-order valence-electron chi connectivity index (χ0n) is 13.5. The molecular formula is C20H16FNO3. The standard InChI is InChI=1S/C20H16FNO3/c1-13(23)20(24)25-16-12-22-19(21)18(15-10-6-3-7-11-15)17(16)14-8-4-2-5-9-14/h2-13,23H,1H3. The van der Waals surface area contributed by atoms with E-state index in [0.29, 0.717) is 16.7 Å². The summed E-state index contributed by atoms with van der Waals surface area (Å²) in [4.78, 5) is 15.6. The number of nitrogens with zero attached hydrogens (tertiary/aromatic N) is 1. The molecule has 1 unspecified atom stereocenters. The van der Waals surface area contributed by atoms with Crippen LogP contribution in [0.3, 0.4) is 0 Å². The highest BCUT2D eigenvalue weighted by molar-refractivity contribution is 5.89. The Balaban J connectivity index is 2.25. The van der Waals surface area contributed by atoms with Crippen LogP contribution in [0.15, 0.2) is 66.9 Å². The molecule has 4 nitrogen and oxygen atoms in total. The van der Waals surface area contributed by atoms with Gasteiger partial charge in [0.2, 0.25) is 5.95 Å². The van der Waals surface area contributed by atoms with Gasteiger partial charge in [0.1, 0.15) is 6.10 Å². The number of ether oxygens (including phenoxy) is 1. The fourth-order valence-corrected chi connectivity index (χ4v) is 2.50. The molecule has 5 heteroatoms. The second kappa shape index (κ2) is 7.23. The maximum Gasteiger partial charge on any atom is 0.340 e. The average molecular weight is 337 g/mol. The minimum Gasteiger partial charge on any atom is -0.422 e. The summed E-state index contributed by atoms with van der Waals surface area (Å²) in [5, 5.41) is 9.42. The van der Waals surface area contributed by atoms with Gasteiger partial charge in [0.15, 0.2) is 5.75 Å². The van der Waals surface area contributed by atoms with E-state index in [-0.39, 0.29) is 11.3 Å². The van der Waals surface area contributed by atoms with E-state index < -0.39 is 18.0 Å². The molecule has 0 aliphatic carbocycles. The SMILES string of the molecule is CC(O)C(=O)Oc1cnc(F)c(-c2ccccc2)c1-c1ccccc1. The Morgan fingerprint density at radius 1 is 1.00 bits per heavy atom. The fourth-order valence-electron chi connectivity index (χ4n) is 2.50. The van der Waals surface area contributed by atoms with Gasteiger partial charge in [-0.15, -0.1) is 0 Å². The smallest absolute Gasteiger partial charge is 0.340 e. The Morgan fingerprint density at radius 3 is 2.04 bits per heavy atom. The number of aliphatic hydroxyl groups is 1. The lowest BCUT2D eigenvalue weighted by Gasteiger charge is -2.16. The van der Waals surface area contributed by atoms with Crippen molar-refractivity contribution in [2.24, 2.45) is 0 Å². The Hall–Kier alpha value is -3.05. The molecule has 0 fully saturated rings. The van der Waals surface area contributed by atoms with Crippen molar-refractivity contribution in [3.8, 4) is 28.0 Å². The highest BCUT2D eigenvalue weighted by Crippen LogP contribution is 2.40. The maximum absolute atomic E-state index is 14.6. The van der Waals surface area contributed by atoms with Gasteiger partial charge in [-0.05, 0) is 18.1 Å². The number of hydrogen-bond acceptors (Lipinski definition) is 4. The van der Waals surface area contributed by atoms with Crippen LogP contribution in [0.5, 0.6) is 5.75 Å². The van der Waals surface area contributed by atoms with Crippen molar-refractivity contribution in [1.29, 1.82) is 0 Å². The first-order valence-corrected chi connectivity index (χ1v) is 7.77. The minimum atomic E-state index is -1.30. The number of carbonyl (C=O) groups is 1. The summed E-state index contributed by atoms with van der Waals surface area (Å²) >= 11 is 0. The summed E-state index contributed by atoms with van der Waals surface area (Å²) < 4.78 is 19.9. The first-order valence-electron chi connectivity index (χ1n) is 7.77. The minimum absolute atomic E-state index is 0.0948. The molecule has 0 aliphatic heterocycles. The topological polar surface area (TPSA) is 59.4 Å². The lowest BCUT2D eigenvalue weighted by molar-refractivity contribution is -0.142. The number of esters is 1. The summed E-state index contributed by atoms with van der Waals surface area (Å²) in [7, 11) is 0. The third kappa shape index (κ3) is 3.56. The van der Waals surface area contributed by atoms with Crippen LogP contribution in [0.2, 0.25) is 0 Å². The Morgan fingerprint density at radius 2 is 1.52 bits per heavy atom. The van der Waals surface area contributed by atoms with E-state index in [1.807, 2.05) is 24.3 Å². The van der Waals surface area contributed by atoms with Crippen LogP contribution < -0.4 is 4.74 Å². The third-order valence-electron chi connectivity index (χ3n) is 3.67. The summed E-state index contributed by atoms with van der Waals surface area (Å²) in [5.41, 5.74) is 1.94. The van der Waals surface area contributed by atoms with Crippen molar-refractivity contribution in [3.05, 3.63) is 72.8 Å². The van der Waals surface area contributed by atoms with Crippen molar-refractivity contribution < 1.29 is 19.0 Å². The number of carbonyl (C=O) groups excluding carboxylic acids is 1. The molecule has 0 amide bonds. The highest BCUT2D eigenvalue weighted by Gasteiger charge is 2.22. The van der Waals surface area contributed by atoms with E-state index in [0.717, 1.165) is 6.20 Å². The number of halogens is 1. The number of pyridine rings is 1. The monoisotopic (exact) mass is 337 g/mol. The third-order valence-corrected chi connectivity index (χ3v) is 3.67. The second-order valence-corrected chi connectivity index (χ2v) is 5.49. The van der Waals surface area contributed by atoms with Gasteiger partial charge in [0.25, 0.3) is 0 Å². The van der Waals surface area contributed by atoms with E-state index in [1.165, 1.54) is 6.92 Å². The molecule has 2 aromatic carbocycles. The normalized spacial score (nSPS) is 11.8. The van der Waals surface area contributed by atoms with Crippen molar-refractivity contribution in [2.45, 2.75) is 13.0 Å². The molecule has 1 heterocycles. The molecule has 3 rings (SSSR count). The summed E-state index contributed by atoms with van der Waals surface area (Å²) in [6, 6.07) is 18.0. The molecule has 3 aromatic rings. The van der Waals surface area contributed by atoms with E-state index in [4.69, 9.17) is 4.74 Å². The molecule has 0 aliphatic rings. The predicted molar refractivity (Wildman–Crippen MR) is 92.4 cm³/mol. The van der Waals surface area contributed by atoms with Crippen molar-refractivity contribution in [2.75, 3.05) is 0 Å². The molecule has 1 N–H and O–H groups in total. The Labute approximate surface area is 144 Å². The zero-order chi connectivity index (χ0) is 17.8. The quantitative estimate of drug-likeness (QED) is 0.580. The number of aliphatic hydroxyl groups excluding tert-OH is 1. The molecule has 126 valence electrons. The maximum atomic E-state index is 14.6. The first kappa shape index (κ1) is 16.8. The van der Waals surface area contributed by atoms with Crippen LogP contribution in [0.1, 0.15) is 6.92 Å². The lowest BCUT2D eigenvalue weighted by atomic mass is 9.95. The van der Waals surface area contributed by atoms with Crippen LogP contribution in [-0.4, -0.2) is 22.2 Å². The van der Waals surface area contributed by atoms with Gasteiger partial charge < -0.3 is 9.84 Å². The molecule has 0 saturated heterocycles. The van der Waals surface area contributed by atoms with Gasteiger partial charge >= 0.3 is 5.97 Å². The molecule has 0 radical (unpaired) electrons. The molecule has 1 aromatic heterocycles. The lowest BCUT2D eigenvalue weighted by Crippen LogP contribution is -2.22. The van der Waals surface area contributed by atoms with Crippen LogP contribution >= 0.6 is 0 Å². The molecular weight excluding hydrogens is 321 g/mol. The number of rotatable bonds is 4. The van der Waals surface area contributed by atoms with E-state index in [2.05, 4.69) is 4.98 Å². The molecule has 25 heavy (non-hydrogen) atoms. The molecule has 0 saturated carbocycles. The molecule has 1 atom stereocenters. The predicted octanol–water partition coefficient (Wildman–Crippen LogP) is 3.84. The second-order valence-electron chi connectivity index (χ2n) is 5.49. The molecule has 0 bridgehead atoms. The number of benzene rings is 2. The average Bonchev–Trinajstić information content (AvgIpc) is 2.64. The highest BCUT2D eigenvalue weighted by atomic mass is 19.1. The van der Waals surface area contributed by atoms with Crippen LogP contribution in [0.4, 0.5) is 4.39 Å². The van der Waals surface area contributed by atoms with Gasteiger partial charge in [-0.3, -0.25) is 0 Å². The summed E-state index contributed by atoms with van der Waals surface area (Å²) in [6.45, 7) is 1.31. The fraction of sp³-hybridized carbons (Fsp3) is 0.100. The van der Waals surface area contributed by atoms with Crippen molar-refractivity contribution >= 4 is 5.97 Å². The van der Waals surface area contributed by atoms with E-state index in [9.17, 15) is 14.3 Å². The van der Waals surface area contributed by atoms with Gasteiger partial charge in [0.05, 0.1) is 6.20 Å². The van der Waals surface area contributed by atoms with Gasteiger partial charge in [-0.1, -0.05) is 60.7 Å². The van der Waals surface area contributed by atoms with Gasteiger partial charge in [-0.2, -0.15) is 4.39 Å². The Bertz CT molecular complexity index is 880. The van der Waals surface area contributed by atoms with Crippen molar-refractivity contribution in [1.82, 2.24) is 4.98 Å². The van der Waals surface area contributed by atoms with Gasteiger partial charge in [-0.25, -0.2) is 9.78 Å². The first-order chi connectivity index (χ1) is 12.1. The number of hydrogen-bond donors (Lipinski definition) is 1. The zero-order valence-corrected chi connectivity index (χ0v) is 13.5. The summed E-state index contributed by atoms with van der Waals surface area (Å²) in [6.07, 6.45) is -0.140. The Kier molecular flexibility index (Phi) is 4.86. The van der Waals surface area contributed by atoms with Crippen LogP contribution in [-0.2, 0) is 4.79 Å². The van der Waals surface area contributed by atoms with Crippen molar-refractivity contribution in [3.63, 3.8) is 0 Å². The van der Waals surface area contributed by atoms with Crippen LogP contribution in [0, 0.1) is 5.95 Å². The largest absolute Gasteiger partial charge is 0.422 e.